The van der Waals surface area contributed by atoms with Gasteiger partial charge in [0.25, 0.3) is 5.91 Å². The number of carbonyl (C=O) groups excluding carboxylic acids is 1. The van der Waals surface area contributed by atoms with E-state index in [-0.39, 0.29) is 0 Å². The number of nitrogen functional groups attached to an aromatic ring is 1. The highest BCUT2D eigenvalue weighted by Gasteiger charge is 2.30. The molecular weight excluding hydrogens is 252 g/mol. The largest absolute Gasteiger partial charge is 0.399 e. The average molecular weight is 274 g/mol. The Bertz CT molecular complexity index is 511. The summed E-state index contributed by atoms with van der Waals surface area (Å²) in [4.78, 5) is 16.4. The number of carbonyl (C=O) groups is 1. The molecule has 1 amide bonds. The Morgan fingerprint density at radius 3 is 2.65 bits per heavy atom. The highest BCUT2D eigenvalue weighted by molar-refractivity contribution is 5.99. The predicted molar refractivity (Wildman–Crippen MR) is 80.8 cm³/mol. The molecule has 0 aliphatic carbocycles. The van der Waals surface area contributed by atoms with Crippen molar-refractivity contribution in [2.75, 3.05) is 36.8 Å². The van der Waals surface area contributed by atoms with Gasteiger partial charge in [-0.25, -0.2) is 0 Å². The molecule has 1 unspecified atom stereocenters. The van der Waals surface area contributed by atoms with Crippen molar-refractivity contribution >= 4 is 17.3 Å². The van der Waals surface area contributed by atoms with Gasteiger partial charge in [0.2, 0.25) is 0 Å². The van der Waals surface area contributed by atoms with Crippen LogP contribution in [0, 0.1) is 0 Å². The van der Waals surface area contributed by atoms with Crippen LogP contribution in [0.15, 0.2) is 18.2 Å². The minimum Gasteiger partial charge on any atom is -0.399 e. The van der Waals surface area contributed by atoms with E-state index in [4.69, 9.17) is 11.5 Å². The van der Waals surface area contributed by atoms with E-state index in [9.17, 15) is 4.79 Å². The summed E-state index contributed by atoms with van der Waals surface area (Å²) in [6.07, 6.45) is 3.78. The van der Waals surface area contributed by atoms with Gasteiger partial charge in [-0.3, -0.25) is 9.69 Å². The second kappa shape index (κ2) is 5.32. The van der Waals surface area contributed by atoms with E-state index < -0.39 is 5.91 Å². The molecule has 1 aromatic carbocycles. The molecule has 0 aromatic heterocycles. The molecule has 0 radical (unpaired) electrons. The zero-order chi connectivity index (χ0) is 14.1. The topological polar surface area (TPSA) is 75.6 Å². The van der Waals surface area contributed by atoms with Gasteiger partial charge in [-0.2, -0.15) is 0 Å². The lowest BCUT2D eigenvalue weighted by Gasteiger charge is -2.25. The van der Waals surface area contributed by atoms with Crippen LogP contribution in [-0.2, 0) is 0 Å². The number of primary amides is 1. The Balaban J connectivity index is 1.78. The van der Waals surface area contributed by atoms with Crippen molar-refractivity contribution in [2.24, 2.45) is 5.73 Å². The zero-order valence-corrected chi connectivity index (χ0v) is 11.7. The molecule has 3 rings (SSSR count). The predicted octanol–water partition coefficient (Wildman–Crippen LogP) is 1.04. The summed E-state index contributed by atoms with van der Waals surface area (Å²) in [6.45, 7) is 4.38. The fourth-order valence-electron chi connectivity index (χ4n) is 3.39. The lowest BCUT2D eigenvalue weighted by atomic mass is 10.1. The van der Waals surface area contributed by atoms with Crippen LogP contribution >= 0.6 is 0 Å². The van der Waals surface area contributed by atoms with Gasteiger partial charge in [0.15, 0.2) is 0 Å². The summed E-state index contributed by atoms with van der Waals surface area (Å²) < 4.78 is 0. The molecular formula is C15H22N4O. The lowest BCUT2D eigenvalue weighted by molar-refractivity contribution is 0.100. The second-order valence-corrected chi connectivity index (χ2v) is 5.77. The Labute approximate surface area is 119 Å². The first-order valence-corrected chi connectivity index (χ1v) is 7.33. The van der Waals surface area contributed by atoms with Gasteiger partial charge in [-0.1, -0.05) is 0 Å². The molecule has 1 aromatic rings. The lowest BCUT2D eigenvalue weighted by Crippen LogP contribution is -2.35. The maximum absolute atomic E-state index is 11.6. The smallest absolute Gasteiger partial charge is 0.250 e. The molecule has 2 aliphatic rings. The van der Waals surface area contributed by atoms with Crippen LogP contribution in [-0.4, -0.2) is 43.0 Å². The van der Waals surface area contributed by atoms with Crippen LogP contribution in [0.3, 0.4) is 0 Å². The molecule has 2 heterocycles. The Morgan fingerprint density at radius 1 is 1.20 bits per heavy atom. The number of amides is 1. The zero-order valence-electron chi connectivity index (χ0n) is 11.7. The van der Waals surface area contributed by atoms with E-state index in [0.29, 0.717) is 17.3 Å². The molecule has 5 nitrogen and oxygen atoms in total. The van der Waals surface area contributed by atoms with Gasteiger partial charge >= 0.3 is 0 Å². The van der Waals surface area contributed by atoms with Gasteiger partial charge in [0.1, 0.15) is 0 Å². The average Bonchev–Trinajstić information content (AvgIpc) is 3.09. The van der Waals surface area contributed by atoms with Crippen molar-refractivity contribution in [3.05, 3.63) is 23.8 Å². The summed E-state index contributed by atoms with van der Waals surface area (Å²) in [5.41, 5.74) is 13.3. The first-order valence-electron chi connectivity index (χ1n) is 7.33. The quantitative estimate of drug-likeness (QED) is 0.808. The highest BCUT2D eigenvalue weighted by Crippen LogP contribution is 2.29. The molecule has 2 fully saturated rings. The summed E-state index contributed by atoms with van der Waals surface area (Å²) >= 11 is 0. The van der Waals surface area contributed by atoms with E-state index in [2.05, 4.69) is 9.80 Å². The Hall–Kier alpha value is -1.75. The molecule has 4 N–H and O–H groups in total. The van der Waals surface area contributed by atoms with Crippen molar-refractivity contribution in [2.45, 2.75) is 25.3 Å². The Kier molecular flexibility index (Phi) is 3.53. The van der Waals surface area contributed by atoms with Crippen LogP contribution in [0.2, 0.25) is 0 Å². The molecule has 2 saturated heterocycles. The van der Waals surface area contributed by atoms with E-state index in [1.165, 1.54) is 25.9 Å². The summed E-state index contributed by atoms with van der Waals surface area (Å²) in [7, 11) is 0. The van der Waals surface area contributed by atoms with Gasteiger partial charge in [-0.05, 0) is 50.6 Å². The Morgan fingerprint density at radius 2 is 1.95 bits per heavy atom. The summed E-state index contributed by atoms with van der Waals surface area (Å²) in [5.74, 6) is -0.406. The minimum atomic E-state index is -0.406. The standard InChI is InChI=1S/C15H22N4O/c16-11-3-4-14(13(9-11)15(17)20)19-8-5-12(10-19)18-6-1-2-7-18/h3-4,9,12H,1-2,5-8,10,16H2,(H2,17,20). The third-order valence-corrected chi connectivity index (χ3v) is 4.45. The van der Waals surface area contributed by atoms with Crippen LogP contribution in [0.1, 0.15) is 29.6 Å². The van der Waals surface area contributed by atoms with Gasteiger partial charge in [0, 0.05) is 30.5 Å². The second-order valence-electron chi connectivity index (χ2n) is 5.77. The van der Waals surface area contributed by atoms with Crippen LogP contribution < -0.4 is 16.4 Å². The minimum absolute atomic E-state index is 0.406. The molecule has 0 bridgehead atoms. The van der Waals surface area contributed by atoms with E-state index in [1.807, 2.05) is 12.1 Å². The van der Waals surface area contributed by atoms with E-state index in [0.717, 1.165) is 25.2 Å². The molecule has 2 aliphatic heterocycles. The van der Waals surface area contributed by atoms with E-state index >= 15 is 0 Å². The maximum atomic E-state index is 11.6. The van der Waals surface area contributed by atoms with Gasteiger partial charge in [-0.15, -0.1) is 0 Å². The van der Waals surface area contributed by atoms with Crippen LogP contribution in [0.5, 0.6) is 0 Å². The van der Waals surface area contributed by atoms with Crippen molar-refractivity contribution in [3.8, 4) is 0 Å². The molecule has 20 heavy (non-hydrogen) atoms. The normalized spacial score (nSPS) is 23.4. The fraction of sp³-hybridized carbons (Fsp3) is 0.533. The van der Waals surface area contributed by atoms with Gasteiger partial charge in [0.05, 0.1) is 5.56 Å². The number of nitrogens with zero attached hydrogens (tertiary/aromatic N) is 2. The third-order valence-electron chi connectivity index (χ3n) is 4.45. The van der Waals surface area contributed by atoms with Crippen LogP contribution in [0.4, 0.5) is 11.4 Å². The van der Waals surface area contributed by atoms with Crippen molar-refractivity contribution in [1.29, 1.82) is 0 Å². The number of hydrogen-bond acceptors (Lipinski definition) is 4. The monoisotopic (exact) mass is 274 g/mol. The molecule has 1 atom stereocenters. The van der Waals surface area contributed by atoms with Crippen molar-refractivity contribution in [3.63, 3.8) is 0 Å². The SMILES string of the molecule is NC(=O)c1cc(N)ccc1N1CCC(N2CCCC2)C1. The molecule has 0 spiro atoms. The highest BCUT2D eigenvalue weighted by atomic mass is 16.1. The summed E-state index contributed by atoms with van der Waals surface area (Å²) in [6, 6.07) is 6.05. The number of benzene rings is 1. The molecule has 108 valence electrons. The fourth-order valence-corrected chi connectivity index (χ4v) is 3.39. The third kappa shape index (κ3) is 2.45. The van der Waals surface area contributed by atoms with Crippen LogP contribution in [0.25, 0.3) is 0 Å². The summed E-state index contributed by atoms with van der Waals surface area (Å²) in [5, 5.41) is 0. The number of nitrogens with two attached hydrogens (primary N) is 2. The van der Waals surface area contributed by atoms with Gasteiger partial charge < -0.3 is 16.4 Å². The number of anilines is 2. The number of rotatable bonds is 3. The van der Waals surface area contributed by atoms with Crippen molar-refractivity contribution in [1.82, 2.24) is 4.90 Å². The van der Waals surface area contributed by atoms with Crippen molar-refractivity contribution < 1.29 is 4.79 Å². The maximum Gasteiger partial charge on any atom is 0.250 e. The molecule has 5 heteroatoms. The molecule has 0 saturated carbocycles. The van der Waals surface area contributed by atoms with E-state index in [1.54, 1.807) is 6.07 Å². The first kappa shape index (κ1) is 13.2. The number of hydrogen-bond donors (Lipinski definition) is 2. The first-order chi connectivity index (χ1) is 9.65. The number of likely N-dealkylation sites (tertiary alicyclic amines) is 1.